The molecule has 0 N–H and O–H groups in total. The molecule has 0 amide bonds. The number of halogens is 1. The number of hydrogen-bond acceptors (Lipinski definition) is 2. The van der Waals surface area contributed by atoms with Gasteiger partial charge in [-0.05, 0) is 23.8 Å². The van der Waals surface area contributed by atoms with Crippen LogP contribution >= 0.6 is 0 Å². The van der Waals surface area contributed by atoms with Crippen molar-refractivity contribution >= 4 is 5.69 Å². The summed E-state index contributed by atoms with van der Waals surface area (Å²) >= 11 is 0. The van der Waals surface area contributed by atoms with Crippen LogP contribution in [0, 0.1) is 15.5 Å². The van der Waals surface area contributed by atoms with Gasteiger partial charge in [-0.1, -0.05) is 26.0 Å². The van der Waals surface area contributed by atoms with Gasteiger partial charge in [0.25, 0.3) is 5.69 Å². The topological polar surface area (TPSA) is 43.1 Å². The molecule has 0 radical (unpaired) electrons. The summed E-state index contributed by atoms with van der Waals surface area (Å²) in [5.74, 6) is 0. The van der Waals surface area contributed by atoms with Crippen molar-refractivity contribution in [3.05, 3.63) is 39.9 Å². The summed E-state index contributed by atoms with van der Waals surface area (Å²) < 4.78 is 12.3. The van der Waals surface area contributed by atoms with Gasteiger partial charge in [-0.25, -0.2) is 0 Å². The highest BCUT2D eigenvalue weighted by Gasteiger charge is 2.18. The summed E-state index contributed by atoms with van der Waals surface area (Å²) in [7, 11) is 0. The summed E-state index contributed by atoms with van der Waals surface area (Å²) in [5.41, 5.74) is 0.987. The number of hydrogen-bond donors (Lipinski definition) is 0. The van der Waals surface area contributed by atoms with Crippen molar-refractivity contribution in [3.63, 3.8) is 0 Å². The average Bonchev–Trinajstić information content (AvgIpc) is 2.17. The van der Waals surface area contributed by atoms with Gasteiger partial charge in [0, 0.05) is 12.1 Å². The van der Waals surface area contributed by atoms with E-state index >= 15 is 0 Å². The summed E-state index contributed by atoms with van der Waals surface area (Å²) in [4.78, 5) is 10.0. The third-order valence-corrected chi connectivity index (χ3v) is 2.60. The van der Waals surface area contributed by atoms with E-state index in [1.165, 1.54) is 12.1 Å². The van der Waals surface area contributed by atoms with E-state index in [1.54, 1.807) is 12.1 Å². The number of rotatable bonds is 5. The van der Waals surface area contributed by atoms with Crippen LogP contribution in [0.4, 0.5) is 10.1 Å². The molecule has 0 saturated carbocycles. The fraction of sp³-hybridized carbons (Fsp3) is 0.500. The second-order valence-corrected chi connectivity index (χ2v) is 4.70. The fourth-order valence-corrected chi connectivity index (χ4v) is 1.63. The largest absolute Gasteiger partial charge is 0.269 e. The molecule has 0 aromatic heterocycles. The normalized spacial score (nSPS) is 11.4. The molecule has 0 fully saturated rings. The number of benzene rings is 1. The van der Waals surface area contributed by atoms with Crippen molar-refractivity contribution in [2.24, 2.45) is 5.41 Å². The molecule has 0 aliphatic heterocycles. The van der Waals surface area contributed by atoms with E-state index in [0.717, 1.165) is 12.0 Å². The molecular weight excluding hydrogens is 209 g/mol. The lowest BCUT2D eigenvalue weighted by Crippen LogP contribution is -2.15. The number of nitro groups is 1. The number of nitrogens with zero attached hydrogens (tertiary/aromatic N) is 1. The molecule has 4 heteroatoms. The van der Waals surface area contributed by atoms with E-state index in [-0.39, 0.29) is 17.8 Å². The quantitative estimate of drug-likeness (QED) is 0.568. The summed E-state index contributed by atoms with van der Waals surface area (Å²) in [6, 6.07) is 6.44. The van der Waals surface area contributed by atoms with Gasteiger partial charge in [-0.3, -0.25) is 14.5 Å². The van der Waals surface area contributed by atoms with Gasteiger partial charge in [0.1, 0.15) is 0 Å². The van der Waals surface area contributed by atoms with Crippen LogP contribution in [0.5, 0.6) is 0 Å². The molecule has 0 aliphatic carbocycles. The van der Waals surface area contributed by atoms with Gasteiger partial charge in [-0.15, -0.1) is 0 Å². The standard InChI is InChI=1S/C12H16FNO2/c1-12(2,7-8-13)9-10-3-5-11(6-4-10)14(15)16/h3-6H,7-9H2,1-2H3. The van der Waals surface area contributed by atoms with Crippen molar-refractivity contribution in [1.82, 2.24) is 0 Å². The van der Waals surface area contributed by atoms with Gasteiger partial charge >= 0.3 is 0 Å². The smallest absolute Gasteiger partial charge is 0.258 e. The third kappa shape index (κ3) is 3.61. The van der Waals surface area contributed by atoms with E-state index in [2.05, 4.69) is 0 Å². The lowest BCUT2D eigenvalue weighted by molar-refractivity contribution is -0.384. The van der Waals surface area contributed by atoms with Crippen LogP contribution in [-0.4, -0.2) is 11.6 Å². The van der Waals surface area contributed by atoms with Crippen LogP contribution in [0.3, 0.4) is 0 Å². The Bertz CT molecular complexity index is 360. The average molecular weight is 225 g/mol. The van der Waals surface area contributed by atoms with Gasteiger partial charge in [0.05, 0.1) is 11.6 Å². The predicted octanol–water partition coefficient (Wildman–Crippen LogP) is 3.52. The maximum Gasteiger partial charge on any atom is 0.269 e. The Hall–Kier alpha value is -1.45. The first kappa shape index (κ1) is 12.6. The van der Waals surface area contributed by atoms with Crippen molar-refractivity contribution < 1.29 is 9.31 Å². The third-order valence-electron chi connectivity index (χ3n) is 2.60. The van der Waals surface area contributed by atoms with Gasteiger partial charge in [0.2, 0.25) is 0 Å². The van der Waals surface area contributed by atoms with E-state index in [9.17, 15) is 14.5 Å². The molecule has 16 heavy (non-hydrogen) atoms. The first-order chi connectivity index (χ1) is 7.44. The summed E-state index contributed by atoms with van der Waals surface area (Å²) in [5, 5.41) is 10.5. The van der Waals surface area contributed by atoms with Gasteiger partial charge in [-0.2, -0.15) is 0 Å². The summed E-state index contributed by atoms with van der Waals surface area (Å²) in [6.45, 7) is 3.65. The minimum atomic E-state index is -0.420. The van der Waals surface area contributed by atoms with Crippen LogP contribution in [0.2, 0.25) is 0 Å². The zero-order valence-electron chi connectivity index (χ0n) is 9.57. The Morgan fingerprint density at radius 3 is 2.31 bits per heavy atom. The van der Waals surface area contributed by atoms with E-state index < -0.39 is 4.92 Å². The SMILES string of the molecule is CC(C)(CCF)Cc1ccc([N+](=O)[O-])cc1. The molecule has 0 heterocycles. The lowest BCUT2D eigenvalue weighted by atomic mass is 9.83. The van der Waals surface area contributed by atoms with Gasteiger partial charge < -0.3 is 0 Å². The molecule has 0 unspecified atom stereocenters. The van der Waals surface area contributed by atoms with Gasteiger partial charge in [0.15, 0.2) is 0 Å². The van der Waals surface area contributed by atoms with E-state index in [1.807, 2.05) is 13.8 Å². The van der Waals surface area contributed by atoms with Crippen molar-refractivity contribution in [2.45, 2.75) is 26.7 Å². The Labute approximate surface area is 94.4 Å². The second-order valence-electron chi connectivity index (χ2n) is 4.70. The highest BCUT2D eigenvalue weighted by Crippen LogP contribution is 2.26. The van der Waals surface area contributed by atoms with E-state index in [0.29, 0.717) is 6.42 Å². The number of nitro benzene ring substituents is 1. The molecule has 0 saturated heterocycles. The maximum atomic E-state index is 12.3. The summed E-state index contributed by atoms with van der Waals surface area (Å²) in [6.07, 6.45) is 1.24. The maximum absolute atomic E-state index is 12.3. The van der Waals surface area contributed by atoms with Crippen LogP contribution in [-0.2, 0) is 6.42 Å². The zero-order chi connectivity index (χ0) is 12.2. The van der Waals surface area contributed by atoms with Crippen LogP contribution < -0.4 is 0 Å². The minimum absolute atomic E-state index is 0.0899. The molecule has 0 spiro atoms. The molecule has 0 atom stereocenters. The molecule has 1 aromatic rings. The first-order valence-corrected chi connectivity index (χ1v) is 5.24. The molecule has 3 nitrogen and oxygen atoms in total. The lowest BCUT2D eigenvalue weighted by Gasteiger charge is -2.22. The Kier molecular flexibility index (Phi) is 3.99. The predicted molar refractivity (Wildman–Crippen MR) is 61.2 cm³/mol. The molecule has 0 aliphatic rings. The molecule has 1 aromatic carbocycles. The van der Waals surface area contributed by atoms with Crippen LogP contribution in [0.25, 0.3) is 0 Å². The minimum Gasteiger partial charge on any atom is -0.258 e. The molecule has 1 rings (SSSR count). The van der Waals surface area contributed by atoms with Crippen molar-refractivity contribution in [3.8, 4) is 0 Å². The van der Waals surface area contributed by atoms with Crippen LogP contribution in [0.15, 0.2) is 24.3 Å². The van der Waals surface area contributed by atoms with Crippen molar-refractivity contribution in [2.75, 3.05) is 6.67 Å². The highest BCUT2D eigenvalue weighted by atomic mass is 19.1. The molecule has 88 valence electrons. The Morgan fingerprint density at radius 2 is 1.88 bits per heavy atom. The zero-order valence-corrected chi connectivity index (χ0v) is 9.57. The Morgan fingerprint density at radius 1 is 1.31 bits per heavy atom. The monoisotopic (exact) mass is 225 g/mol. The number of non-ortho nitro benzene ring substituents is 1. The van der Waals surface area contributed by atoms with Crippen LogP contribution in [0.1, 0.15) is 25.8 Å². The Balaban J connectivity index is 2.72. The molecule has 0 bridgehead atoms. The highest BCUT2D eigenvalue weighted by molar-refractivity contribution is 5.33. The second kappa shape index (κ2) is 5.05. The first-order valence-electron chi connectivity index (χ1n) is 5.24. The fourth-order valence-electron chi connectivity index (χ4n) is 1.63. The molecular formula is C12H16FNO2. The van der Waals surface area contributed by atoms with E-state index in [4.69, 9.17) is 0 Å². The number of alkyl halides is 1. The van der Waals surface area contributed by atoms with Crippen molar-refractivity contribution in [1.29, 1.82) is 0 Å².